The molecule has 0 saturated heterocycles. The van der Waals surface area contributed by atoms with Gasteiger partial charge in [0.2, 0.25) is 0 Å². The zero-order valence-corrected chi connectivity index (χ0v) is 14.8. The van der Waals surface area contributed by atoms with E-state index < -0.39 is 0 Å². The van der Waals surface area contributed by atoms with Crippen molar-refractivity contribution in [1.82, 2.24) is 0 Å². The number of hydrogen-bond donors (Lipinski definition) is 0. The molecule has 0 aromatic heterocycles. The summed E-state index contributed by atoms with van der Waals surface area (Å²) in [7, 11) is 4.04. The fourth-order valence-electron chi connectivity index (χ4n) is 2.62. The van der Waals surface area contributed by atoms with Crippen molar-refractivity contribution in [2.75, 3.05) is 19.0 Å². The summed E-state index contributed by atoms with van der Waals surface area (Å²) >= 11 is 0. The molecule has 0 heterocycles. The van der Waals surface area contributed by atoms with Crippen LogP contribution in [0.5, 0.6) is 0 Å². The van der Waals surface area contributed by atoms with Crippen molar-refractivity contribution in [3.8, 4) is 6.07 Å². The van der Waals surface area contributed by atoms with Crippen molar-refractivity contribution in [2.45, 2.75) is 38.5 Å². The van der Waals surface area contributed by atoms with Gasteiger partial charge < -0.3 is 4.90 Å². The minimum Gasteiger partial charge on any atom is -0.378 e. The highest BCUT2D eigenvalue weighted by molar-refractivity contribution is 5.47. The third kappa shape index (κ3) is 4.36. The van der Waals surface area contributed by atoms with Crippen LogP contribution >= 0.6 is 0 Å². The van der Waals surface area contributed by atoms with E-state index in [1.165, 1.54) is 11.1 Å². The predicted molar refractivity (Wildman–Crippen MR) is 98.0 cm³/mol. The summed E-state index contributed by atoms with van der Waals surface area (Å²) in [4.78, 5) is 2.07. The van der Waals surface area contributed by atoms with Crippen LogP contribution in [0, 0.1) is 11.3 Å². The minimum atomic E-state index is -0.105. The van der Waals surface area contributed by atoms with Crippen LogP contribution in [0.4, 0.5) is 5.69 Å². The minimum absolute atomic E-state index is 0.105. The molecule has 1 unspecified atom stereocenters. The molecule has 2 heteroatoms. The molecule has 2 rings (SSSR count). The molecule has 0 fully saturated rings. The van der Waals surface area contributed by atoms with Gasteiger partial charge in [-0.1, -0.05) is 57.2 Å². The van der Waals surface area contributed by atoms with E-state index in [2.05, 4.69) is 80.3 Å². The molecule has 0 saturated carbocycles. The first-order valence-electron chi connectivity index (χ1n) is 8.07. The summed E-state index contributed by atoms with van der Waals surface area (Å²) in [6.07, 6.45) is 0.752. The van der Waals surface area contributed by atoms with E-state index in [4.69, 9.17) is 0 Å². The molecule has 0 bridgehead atoms. The maximum absolute atomic E-state index is 9.54. The quantitative estimate of drug-likeness (QED) is 0.803. The van der Waals surface area contributed by atoms with Crippen molar-refractivity contribution in [3.63, 3.8) is 0 Å². The molecule has 1 atom stereocenters. The molecule has 0 aliphatic heterocycles. The number of hydrogen-bond acceptors (Lipinski definition) is 2. The lowest BCUT2D eigenvalue weighted by atomic mass is 9.85. The van der Waals surface area contributed by atoms with Gasteiger partial charge in [-0.25, -0.2) is 0 Å². The Balaban J connectivity index is 2.15. The van der Waals surface area contributed by atoms with Crippen molar-refractivity contribution in [3.05, 3.63) is 65.2 Å². The number of benzene rings is 2. The Hall–Kier alpha value is -2.27. The molecule has 2 aromatic carbocycles. The van der Waals surface area contributed by atoms with Gasteiger partial charge in [-0.3, -0.25) is 0 Å². The van der Waals surface area contributed by atoms with Gasteiger partial charge in [0.05, 0.1) is 12.0 Å². The van der Waals surface area contributed by atoms with Crippen LogP contribution in [-0.4, -0.2) is 14.1 Å². The molecule has 120 valence electrons. The predicted octanol–water partition coefficient (Wildman–Crippen LogP) is 4.90. The first-order chi connectivity index (χ1) is 10.8. The van der Waals surface area contributed by atoms with E-state index >= 15 is 0 Å². The van der Waals surface area contributed by atoms with Gasteiger partial charge >= 0.3 is 0 Å². The van der Waals surface area contributed by atoms with Gasteiger partial charge in [0.1, 0.15) is 0 Å². The van der Waals surface area contributed by atoms with Crippen LogP contribution in [0.25, 0.3) is 0 Å². The van der Waals surface area contributed by atoms with E-state index in [-0.39, 0.29) is 11.3 Å². The fourth-order valence-corrected chi connectivity index (χ4v) is 2.62. The average molecular weight is 306 g/mol. The Morgan fingerprint density at radius 3 is 1.96 bits per heavy atom. The zero-order valence-electron chi connectivity index (χ0n) is 14.8. The highest BCUT2D eigenvalue weighted by Gasteiger charge is 2.15. The largest absolute Gasteiger partial charge is 0.378 e. The van der Waals surface area contributed by atoms with Crippen molar-refractivity contribution < 1.29 is 0 Å². The monoisotopic (exact) mass is 306 g/mol. The molecule has 0 amide bonds. The molecule has 0 aliphatic carbocycles. The van der Waals surface area contributed by atoms with Gasteiger partial charge in [0.15, 0.2) is 0 Å². The second-order valence-corrected chi connectivity index (χ2v) is 7.32. The number of nitriles is 1. The second kappa shape index (κ2) is 6.87. The maximum Gasteiger partial charge on any atom is 0.0753 e. The fraction of sp³-hybridized carbons (Fsp3) is 0.381. The first-order valence-corrected chi connectivity index (χ1v) is 8.07. The highest BCUT2D eigenvalue weighted by atomic mass is 15.1. The van der Waals surface area contributed by atoms with E-state index in [9.17, 15) is 5.26 Å². The Morgan fingerprint density at radius 1 is 0.957 bits per heavy atom. The lowest BCUT2D eigenvalue weighted by molar-refractivity contribution is 0.590. The lowest BCUT2D eigenvalue weighted by Crippen LogP contribution is -2.11. The van der Waals surface area contributed by atoms with E-state index in [1.54, 1.807) is 0 Å². The number of rotatable bonds is 4. The second-order valence-electron chi connectivity index (χ2n) is 7.32. The van der Waals surface area contributed by atoms with Crippen LogP contribution in [0.2, 0.25) is 0 Å². The van der Waals surface area contributed by atoms with Crippen LogP contribution in [0.1, 0.15) is 43.4 Å². The van der Waals surface area contributed by atoms with Crippen LogP contribution in [0.3, 0.4) is 0 Å². The van der Waals surface area contributed by atoms with Gasteiger partial charge in [0.25, 0.3) is 0 Å². The van der Waals surface area contributed by atoms with Gasteiger partial charge in [0, 0.05) is 19.8 Å². The van der Waals surface area contributed by atoms with E-state index in [0.717, 1.165) is 17.7 Å². The highest BCUT2D eigenvalue weighted by Crippen LogP contribution is 2.26. The van der Waals surface area contributed by atoms with Crippen LogP contribution in [-0.2, 0) is 11.8 Å². The SMILES string of the molecule is CN(C)c1ccc(C(C#N)Cc2ccc(C(C)(C)C)cc2)cc1. The van der Waals surface area contributed by atoms with Crippen LogP contribution in [0.15, 0.2) is 48.5 Å². The summed E-state index contributed by atoms with van der Waals surface area (Å²) in [6.45, 7) is 6.64. The molecule has 0 radical (unpaired) electrons. The number of anilines is 1. The molecular formula is C21H26N2. The topological polar surface area (TPSA) is 27.0 Å². The molecule has 0 aliphatic rings. The normalized spacial score (nSPS) is 12.5. The van der Waals surface area contributed by atoms with Gasteiger partial charge in [-0.2, -0.15) is 5.26 Å². The Labute approximate surface area is 140 Å². The lowest BCUT2D eigenvalue weighted by Gasteiger charge is -2.19. The molecule has 2 nitrogen and oxygen atoms in total. The molecule has 2 aromatic rings. The maximum atomic E-state index is 9.54. The molecule has 0 N–H and O–H groups in total. The molecule has 23 heavy (non-hydrogen) atoms. The third-order valence-electron chi connectivity index (χ3n) is 4.23. The van der Waals surface area contributed by atoms with Gasteiger partial charge in [-0.15, -0.1) is 0 Å². The first kappa shape index (κ1) is 17.1. The summed E-state index contributed by atoms with van der Waals surface area (Å²) in [5, 5.41) is 9.54. The molecule has 0 spiro atoms. The molecular weight excluding hydrogens is 280 g/mol. The van der Waals surface area contributed by atoms with Crippen molar-refractivity contribution in [1.29, 1.82) is 5.26 Å². The Kier molecular flexibility index (Phi) is 5.11. The standard InChI is InChI=1S/C21H26N2/c1-21(2,3)19-10-6-16(7-11-19)14-18(15-22)17-8-12-20(13-9-17)23(4)5/h6-13,18H,14H2,1-5H3. The summed E-state index contributed by atoms with van der Waals surface area (Å²) in [6, 6.07) is 19.4. The summed E-state index contributed by atoms with van der Waals surface area (Å²) < 4.78 is 0. The van der Waals surface area contributed by atoms with Crippen molar-refractivity contribution >= 4 is 5.69 Å². The van der Waals surface area contributed by atoms with E-state index in [0.29, 0.717) is 0 Å². The average Bonchev–Trinajstić information content (AvgIpc) is 2.52. The van der Waals surface area contributed by atoms with Gasteiger partial charge in [-0.05, 0) is 40.7 Å². The summed E-state index contributed by atoms with van der Waals surface area (Å²) in [5.74, 6) is -0.105. The Morgan fingerprint density at radius 2 is 1.52 bits per heavy atom. The van der Waals surface area contributed by atoms with Crippen molar-refractivity contribution in [2.24, 2.45) is 0 Å². The third-order valence-corrected chi connectivity index (χ3v) is 4.23. The number of nitrogens with zero attached hydrogens (tertiary/aromatic N) is 2. The van der Waals surface area contributed by atoms with E-state index in [1.807, 2.05) is 14.1 Å². The smallest absolute Gasteiger partial charge is 0.0753 e. The summed E-state index contributed by atoms with van der Waals surface area (Å²) in [5.41, 5.74) is 4.93. The van der Waals surface area contributed by atoms with Crippen LogP contribution < -0.4 is 4.90 Å². The zero-order chi connectivity index (χ0) is 17.0. The Bertz CT molecular complexity index is 668.